The van der Waals surface area contributed by atoms with Gasteiger partial charge in [-0.05, 0) is 42.0 Å². The fourth-order valence-corrected chi connectivity index (χ4v) is 4.93. The summed E-state index contributed by atoms with van der Waals surface area (Å²) in [6.45, 7) is 0. The molecule has 33 heavy (non-hydrogen) atoms. The number of methoxy groups -OCH3 is 1. The highest BCUT2D eigenvalue weighted by molar-refractivity contribution is 7.93. The van der Waals surface area contributed by atoms with Crippen molar-refractivity contribution in [2.75, 3.05) is 17.6 Å². The second kappa shape index (κ2) is 8.44. The third-order valence-corrected chi connectivity index (χ3v) is 6.52. The lowest BCUT2D eigenvalue weighted by Gasteiger charge is -2.17. The number of carbonyl (C=O) groups is 1. The molecule has 0 aliphatic rings. The van der Waals surface area contributed by atoms with Crippen molar-refractivity contribution in [2.24, 2.45) is 0 Å². The summed E-state index contributed by atoms with van der Waals surface area (Å²) in [5.41, 5.74) is 6.86. The Morgan fingerprint density at radius 2 is 1.73 bits per heavy atom. The SMILES string of the molecule is COc1c(-c2cccc(N)c2)cc(S(=O)(=O)Nc2ccc(F)c(C(=O)O)c2)c2ccccc12. The van der Waals surface area contributed by atoms with Crippen molar-refractivity contribution >= 4 is 38.1 Å². The molecule has 4 aromatic carbocycles. The number of sulfonamides is 1. The number of benzene rings is 4. The molecule has 0 aromatic heterocycles. The number of rotatable bonds is 6. The fraction of sp³-hybridized carbons (Fsp3) is 0.0417. The third kappa shape index (κ3) is 4.18. The molecule has 0 saturated heterocycles. The average Bonchev–Trinajstić information content (AvgIpc) is 2.78. The molecule has 0 fully saturated rings. The number of halogens is 1. The van der Waals surface area contributed by atoms with Crippen LogP contribution in [0.25, 0.3) is 21.9 Å². The van der Waals surface area contributed by atoms with E-state index in [0.29, 0.717) is 33.3 Å². The van der Waals surface area contributed by atoms with E-state index in [1.54, 1.807) is 48.5 Å². The maximum Gasteiger partial charge on any atom is 0.338 e. The van der Waals surface area contributed by atoms with Gasteiger partial charge in [0, 0.05) is 27.7 Å². The van der Waals surface area contributed by atoms with Gasteiger partial charge in [-0.15, -0.1) is 0 Å². The van der Waals surface area contributed by atoms with E-state index in [9.17, 15) is 17.6 Å². The van der Waals surface area contributed by atoms with Gasteiger partial charge in [-0.1, -0.05) is 36.4 Å². The number of nitrogen functional groups attached to an aromatic ring is 1. The summed E-state index contributed by atoms with van der Waals surface area (Å²) in [5, 5.41) is 10.1. The number of fused-ring (bicyclic) bond motifs is 1. The average molecular weight is 466 g/mol. The molecular weight excluding hydrogens is 447 g/mol. The van der Waals surface area contributed by atoms with Gasteiger partial charge in [-0.3, -0.25) is 4.72 Å². The van der Waals surface area contributed by atoms with Crippen molar-refractivity contribution in [1.29, 1.82) is 0 Å². The van der Waals surface area contributed by atoms with Crippen molar-refractivity contribution in [3.05, 3.63) is 84.2 Å². The number of nitrogens with one attached hydrogen (secondary N) is 1. The van der Waals surface area contributed by atoms with E-state index in [1.165, 1.54) is 13.2 Å². The lowest BCUT2D eigenvalue weighted by Crippen LogP contribution is -2.15. The van der Waals surface area contributed by atoms with Crippen LogP contribution in [0.15, 0.2) is 77.7 Å². The molecule has 0 bridgehead atoms. The Bertz CT molecular complexity index is 1500. The highest BCUT2D eigenvalue weighted by Gasteiger charge is 2.24. The van der Waals surface area contributed by atoms with Gasteiger partial charge in [-0.2, -0.15) is 0 Å². The van der Waals surface area contributed by atoms with Crippen molar-refractivity contribution in [1.82, 2.24) is 0 Å². The number of ether oxygens (including phenoxy) is 1. The second-order valence-electron chi connectivity index (χ2n) is 7.23. The molecular formula is C24H19FN2O5S. The third-order valence-electron chi connectivity index (χ3n) is 5.10. The molecule has 0 unspecified atom stereocenters. The van der Waals surface area contributed by atoms with Gasteiger partial charge in [-0.25, -0.2) is 17.6 Å². The zero-order chi connectivity index (χ0) is 23.8. The maximum atomic E-state index is 13.8. The molecule has 0 aliphatic carbocycles. The van der Waals surface area contributed by atoms with Crippen LogP contribution in [-0.4, -0.2) is 26.6 Å². The van der Waals surface area contributed by atoms with Gasteiger partial charge < -0.3 is 15.6 Å². The summed E-state index contributed by atoms with van der Waals surface area (Å²) in [7, 11) is -2.72. The molecule has 0 aliphatic heterocycles. The van der Waals surface area contributed by atoms with E-state index in [1.807, 2.05) is 0 Å². The summed E-state index contributed by atoms with van der Waals surface area (Å²) in [6, 6.07) is 18.2. The number of anilines is 2. The van der Waals surface area contributed by atoms with Crippen LogP contribution in [-0.2, 0) is 10.0 Å². The Morgan fingerprint density at radius 3 is 2.39 bits per heavy atom. The standard InChI is InChI=1S/C24H19FN2O5S/c1-32-23-18-8-3-2-7-17(18)22(13-19(23)14-5-4-6-15(26)11-14)33(30,31)27-16-9-10-21(25)20(12-16)24(28)29/h2-13,27H,26H2,1H3,(H,28,29). The highest BCUT2D eigenvalue weighted by atomic mass is 32.2. The number of hydrogen-bond acceptors (Lipinski definition) is 5. The molecule has 0 radical (unpaired) electrons. The Labute approximate surface area is 189 Å². The highest BCUT2D eigenvalue weighted by Crippen LogP contribution is 2.41. The topological polar surface area (TPSA) is 119 Å². The van der Waals surface area contributed by atoms with Crippen molar-refractivity contribution in [3.63, 3.8) is 0 Å². The number of hydrogen-bond donors (Lipinski definition) is 3. The molecule has 0 spiro atoms. The summed E-state index contributed by atoms with van der Waals surface area (Å²) >= 11 is 0. The molecule has 7 nitrogen and oxygen atoms in total. The van der Waals surface area contributed by atoms with E-state index >= 15 is 0 Å². The minimum Gasteiger partial charge on any atom is -0.495 e. The second-order valence-corrected chi connectivity index (χ2v) is 8.88. The summed E-state index contributed by atoms with van der Waals surface area (Å²) in [5.74, 6) is -2.00. The van der Waals surface area contributed by atoms with Gasteiger partial charge >= 0.3 is 5.97 Å². The number of nitrogens with two attached hydrogens (primary N) is 1. The van der Waals surface area contributed by atoms with Crippen molar-refractivity contribution in [2.45, 2.75) is 4.90 Å². The van der Waals surface area contributed by atoms with Gasteiger partial charge in [0.2, 0.25) is 0 Å². The van der Waals surface area contributed by atoms with Crippen LogP contribution in [0.5, 0.6) is 5.75 Å². The predicted octanol–water partition coefficient (Wildman–Crippen LogP) is 4.74. The van der Waals surface area contributed by atoms with Crippen LogP contribution in [0, 0.1) is 5.82 Å². The Kier molecular flexibility index (Phi) is 5.65. The lowest BCUT2D eigenvalue weighted by atomic mass is 9.99. The first-order valence-corrected chi connectivity index (χ1v) is 11.2. The van der Waals surface area contributed by atoms with Crippen LogP contribution >= 0.6 is 0 Å². The van der Waals surface area contributed by atoms with Crippen LogP contribution in [0.4, 0.5) is 15.8 Å². The smallest absolute Gasteiger partial charge is 0.338 e. The van der Waals surface area contributed by atoms with Gasteiger partial charge in [0.25, 0.3) is 10.0 Å². The quantitative estimate of drug-likeness (QED) is 0.353. The van der Waals surface area contributed by atoms with E-state index < -0.39 is 27.4 Å². The molecule has 9 heteroatoms. The van der Waals surface area contributed by atoms with Gasteiger partial charge in [0.15, 0.2) is 0 Å². The van der Waals surface area contributed by atoms with Crippen LogP contribution < -0.4 is 15.2 Å². The molecule has 4 aromatic rings. The predicted molar refractivity (Wildman–Crippen MR) is 125 cm³/mol. The minimum atomic E-state index is -4.21. The molecule has 0 heterocycles. The van der Waals surface area contributed by atoms with Crippen LogP contribution in [0.3, 0.4) is 0 Å². The lowest BCUT2D eigenvalue weighted by molar-refractivity contribution is 0.0692. The summed E-state index contributed by atoms with van der Waals surface area (Å²) < 4.78 is 48.6. The first kappa shape index (κ1) is 22.1. The zero-order valence-electron chi connectivity index (χ0n) is 17.4. The Balaban J connectivity index is 1.93. The summed E-state index contributed by atoms with van der Waals surface area (Å²) in [6.07, 6.45) is 0. The monoisotopic (exact) mass is 466 g/mol. The number of aromatic carboxylic acids is 1. The molecule has 0 atom stereocenters. The van der Waals surface area contributed by atoms with E-state index in [-0.39, 0.29) is 10.6 Å². The minimum absolute atomic E-state index is 0.0578. The largest absolute Gasteiger partial charge is 0.495 e. The zero-order valence-corrected chi connectivity index (χ0v) is 18.2. The Hall–Kier alpha value is -4.11. The van der Waals surface area contributed by atoms with Gasteiger partial charge in [0.05, 0.1) is 17.6 Å². The molecule has 168 valence electrons. The van der Waals surface area contributed by atoms with E-state index in [2.05, 4.69) is 4.72 Å². The molecule has 4 N–H and O–H groups in total. The van der Waals surface area contributed by atoms with Gasteiger partial charge in [0.1, 0.15) is 11.6 Å². The normalized spacial score (nSPS) is 11.3. The first-order valence-electron chi connectivity index (χ1n) is 9.72. The van der Waals surface area contributed by atoms with E-state index in [4.69, 9.17) is 15.6 Å². The number of carboxylic acid groups (broad SMARTS) is 1. The maximum absolute atomic E-state index is 13.8. The first-order chi connectivity index (χ1) is 15.7. The van der Waals surface area contributed by atoms with Crippen molar-refractivity contribution in [3.8, 4) is 16.9 Å². The molecule has 0 amide bonds. The van der Waals surface area contributed by atoms with Crippen molar-refractivity contribution < 1.29 is 27.4 Å². The van der Waals surface area contributed by atoms with Crippen LogP contribution in [0.2, 0.25) is 0 Å². The Morgan fingerprint density at radius 1 is 1.00 bits per heavy atom. The fourth-order valence-electron chi connectivity index (χ4n) is 3.64. The molecule has 0 saturated carbocycles. The number of carboxylic acids is 1. The van der Waals surface area contributed by atoms with Crippen LogP contribution in [0.1, 0.15) is 10.4 Å². The summed E-state index contributed by atoms with van der Waals surface area (Å²) in [4.78, 5) is 11.2. The van der Waals surface area contributed by atoms with E-state index in [0.717, 1.165) is 18.2 Å². The molecule has 4 rings (SSSR count).